The summed E-state index contributed by atoms with van der Waals surface area (Å²) in [6, 6.07) is 11.1. The van der Waals surface area contributed by atoms with Crippen LogP contribution in [-0.2, 0) is 5.88 Å². The average Bonchev–Trinajstić information content (AvgIpc) is 2.77. The van der Waals surface area contributed by atoms with E-state index in [0.29, 0.717) is 21.3 Å². The Labute approximate surface area is 142 Å². The van der Waals surface area contributed by atoms with Gasteiger partial charge in [-0.1, -0.05) is 6.07 Å². The molecule has 0 amide bonds. The van der Waals surface area contributed by atoms with E-state index >= 15 is 0 Å². The Morgan fingerprint density at radius 2 is 2.10 bits per heavy atom. The van der Waals surface area contributed by atoms with Gasteiger partial charge in [-0.15, -0.1) is 11.6 Å². The van der Waals surface area contributed by atoms with Crippen molar-refractivity contribution < 1.29 is 4.39 Å². The van der Waals surface area contributed by atoms with E-state index in [1.165, 1.54) is 6.07 Å². The summed E-state index contributed by atoms with van der Waals surface area (Å²) in [5.41, 5.74) is 2.35. The lowest BCUT2D eigenvalue weighted by atomic mass is 10.2. The third-order valence-electron chi connectivity index (χ3n) is 2.95. The summed E-state index contributed by atoms with van der Waals surface area (Å²) >= 11 is 11.4. The zero-order chi connectivity index (χ0) is 14.3. The average molecular weight is 465 g/mol. The molecule has 0 unspecified atom stereocenters. The van der Waals surface area contributed by atoms with Crippen molar-refractivity contribution in [2.24, 2.45) is 0 Å². The van der Waals surface area contributed by atoms with E-state index in [2.05, 4.69) is 43.5 Å². The highest BCUT2D eigenvalue weighted by Gasteiger charge is 2.14. The molecule has 1 aromatic heterocycles. The topological polar surface area (TPSA) is 17.8 Å². The van der Waals surface area contributed by atoms with Crippen LogP contribution < -0.4 is 0 Å². The highest BCUT2D eigenvalue weighted by Crippen LogP contribution is 2.28. The van der Waals surface area contributed by atoms with E-state index in [1.54, 1.807) is 6.07 Å². The number of benzene rings is 2. The summed E-state index contributed by atoms with van der Waals surface area (Å²) in [4.78, 5) is 4.47. The molecule has 0 spiro atoms. The van der Waals surface area contributed by atoms with Gasteiger partial charge in [0.1, 0.15) is 11.6 Å². The van der Waals surface area contributed by atoms with Gasteiger partial charge in [-0.3, -0.25) is 4.57 Å². The SMILES string of the molecule is Fc1cc2c(cc1Br)nc(CCl)n2-c1cccc(I)c1. The van der Waals surface area contributed by atoms with Gasteiger partial charge in [0.15, 0.2) is 0 Å². The van der Waals surface area contributed by atoms with E-state index in [9.17, 15) is 4.39 Å². The first-order valence-electron chi connectivity index (χ1n) is 5.78. The third-order valence-corrected chi connectivity index (χ3v) is 4.47. The molecule has 2 nitrogen and oxygen atoms in total. The number of nitrogens with zero attached hydrogens (tertiary/aromatic N) is 2. The number of halogens is 4. The molecule has 0 N–H and O–H groups in total. The van der Waals surface area contributed by atoms with Crippen LogP contribution in [0.15, 0.2) is 40.9 Å². The molecule has 0 saturated carbocycles. The number of aromatic nitrogens is 2. The number of hydrogen-bond acceptors (Lipinski definition) is 1. The molecule has 0 aliphatic carbocycles. The van der Waals surface area contributed by atoms with Crippen LogP contribution in [-0.4, -0.2) is 9.55 Å². The minimum absolute atomic E-state index is 0.263. The van der Waals surface area contributed by atoms with Gasteiger partial charge in [0.25, 0.3) is 0 Å². The van der Waals surface area contributed by atoms with Crippen LogP contribution in [0.5, 0.6) is 0 Å². The molecule has 102 valence electrons. The molecule has 2 aromatic carbocycles. The summed E-state index contributed by atoms with van der Waals surface area (Å²) in [6.07, 6.45) is 0. The molecule has 6 heteroatoms. The van der Waals surface area contributed by atoms with Crippen molar-refractivity contribution in [2.75, 3.05) is 0 Å². The minimum Gasteiger partial charge on any atom is -0.295 e. The van der Waals surface area contributed by atoms with Crippen molar-refractivity contribution >= 4 is 61.2 Å². The number of rotatable bonds is 2. The quantitative estimate of drug-likeness (QED) is 0.373. The Bertz CT molecular complexity index is 803. The first kappa shape index (κ1) is 14.3. The van der Waals surface area contributed by atoms with Crippen molar-refractivity contribution in [2.45, 2.75) is 5.88 Å². The van der Waals surface area contributed by atoms with Crippen LogP contribution in [0, 0.1) is 9.39 Å². The standard InChI is InChI=1S/C14H8BrClFIN2/c15-10-5-12-13(6-11(10)17)20(14(7-16)19-12)9-3-1-2-8(18)4-9/h1-6H,7H2. The van der Waals surface area contributed by atoms with Crippen molar-refractivity contribution in [3.8, 4) is 5.69 Å². The zero-order valence-electron chi connectivity index (χ0n) is 10.1. The van der Waals surface area contributed by atoms with Gasteiger partial charge in [0.05, 0.1) is 21.4 Å². The summed E-state index contributed by atoms with van der Waals surface area (Å²) in [5.74, 6) is 0.644. The molecule has 0 fully saturated rings. The predicted octanol–water partition coefficient (Wildman–Crippen LogP) is 5.27. The molecule has 1 heterocycles. The first-order valence-corrected chi connectivity index (χ1v) is 8.19. The largest absolute Gasteiger partial charge is 0.295 e. The van der Waals surface area contributed by atoms with Gasteiger partial charge >= 0.3 is 0 Å². The van der Waals surface area contributed by atoms with Crippen molar-refractivity contribution in [1.29, 1.82) is 0 Å². The normalized spacial score (nSPS) is 11.2. The number of hydrogen-bond donors (Lipinski definition) is 0. The van der Waals surface area contributed by atoms with Crippen LogP contribution in [0.4, 0.5) is 4.39 Å². The number of fused-ring (bicyclic) bond motifs is 1. The molecule has 0 saturated heterocycles. The Balaban J connectivity index is 2.35. The Kier molecular flexibility index (Phi) is 4.01. The molecule has 0 radical (unpaired) electrons. The Hall–Kier alpha value is -0.660. The van der Waals surface area contributed by atoms with Gasteiger partial charge in [-0.25, -0.2) is 9.37 Å². The van der Waals surface area contributed by atoms with E-state index in [-0.39, 0.29) is 11.7 Å². The highest BCUT2D eigenvalue weighted by molar-refractivity contribution is 14.1. The lowest BCUT2D eigenvalue weighted by Gasteiger charge is -2.08. The van der Waals surface area contributed by atoms with Gasteiger partial charge in [-0.2, -0.15) is 0 Å². The lowest BCUT2D eigenvalue weighted by Crippen LogP contribution is -1.99. The molecule has 3 rings (SSSR count). The first-order chi connectivity index (χ1) is 9.60. The fourth-order valence-corrected chi connectivity index (χ4v) is 3.15. The third kappa shape index (κ3) is 2.46. The maximum Gasteiger partial charge on any atom is 0.139 e. The van der Waals surface area contributed by atoms with E-state index < -0.39 is 0 Å². The highest BCUT2D eigenvalue weighted by atomic mass is 127. The van der Waals surface area contributed by atoms with Crippen molar-refractivity contribution in [3.63, 3.8) is 0 Å². The maximum absolute atomic E-state index is 13.8. The summed E-state index contributed by atoms with van der Waals surface area (Å²) < 4.78 is 17.2. The van der Waals surface area contributed by atoms with Crippen LogP contribution in [0.3, 0.4) is 0 Å². The lowest BCUT2D eigenvalue weighted by molar-refractivity contribution is 0.622. The number of imidazole rings is 1. The molecular formula is C14H8BrClFIN2. The molecule has 20 heavy (non-hydrogen) atoms. The van der Waals surface area contributed by atoms with Crippen molar-refractivity contribution in [3.05, 3.63) is 56.1 Å². The Morgan fingerprint density at radius 1 is 1.30 bits per heavy atom. The summed E-state index contributed by atoms with van der Waals surface area (Å²) in [5, 5.41) is 0. The second-order valence-electron chi connectivity index (χ2n) is 4.23. The fraction of sp³-hybridized carbons (Fsp3) is 0.0714. The van der Waals surface area contributed by atoms with Crippen LogP contribution in [0.1, 0.15) is 5.82 Å². The monoisotopic (exact) mass is 464 g/mol. The summed E-state index contributed by atoms with van der Waals surface area (Å²) in [6.45, 7) is 0. The van der Waals surface area contributed by atoms with E-state index in [1.807, 2.05) is 28.8 Å². The molecule has 0 aliphatic heterocycles. The smallest absolute Gasteiger partial charge is 0.139 e. The van der Waals surface area contributed by atoms with E-state index in [0.717, 1.165) is 9.26 Å². The molecule has 0 atom stereocenters. The molecule has 0 bridgehead atoms. The molecule has 0 aliphatic rings. The van der Waals surface area contributed by atoms with E-state index in [4.69, 9.17) is 11.6 Å². The van der Waals surface area contributed by atoms with Crippen LogP contribution in [0.25, 0.3) is 16.7 Å². The van der Waals surface area contributed by atoms with Crippen molar-refractivity contribution in [1.82, 2.24) is 9.55 Å². The predicted molar refractivity (Wildman–Crippen MR) is 91.0 cm³/mol. The second-order valence-corrected chi connectivity index (χ2v) is 6.60. The van der Waals surface area contributed by atoms with Gasteiger partial charge < -0.3 is 0 Å². The van der Waals surface area contributed by atoms with Gasteiger partial charge in [0.2, 0.25) is 0 Å². The molecular weight excluding hydrogens is 457 g/mol. The minimum atomic E-state index is -0.314. The second kappa shape index (κ2) is 5.61. The fourth-order valence-electron chi connectivity index (χ4n) is 2.12. The van der Waals surface area contributed by atoms with Crippen LogP contribution in [0.2, 0.25) is 0 Å². The number of alkyl halides is 1. The van der Waals surface area contributed by atoms with Gasteiger partial charge in [0, 0.05) is 15.3 Å². The Morgan fingerprint density at radius 3 is 2.80 bits per heavy atom. The maximum atomic E-state index is 13.8. The summed E-state index contributed by atoms with van der Waals surface area (Å²) in [7, 11) is 0. The van der Waals surface area contributed by atoms with Crippen LogP contribution >= 0.6 is 50.1 Å². The van der Waals surface area contributed by atoms with Gasteiger partial charge in [-0.05, 0) is 62.8 Å². The molecule has 3 aromatic rings. The zero-order valence-corrected chi connectivity index (χ0v) is 14.6.